The van der Waals surface area contributed by atoms with Crippen LogP contribution in [0.3, 0.4) is 0 Å². The van der Waals surface area contributed by atoms with E-state index in [4.69, 9.17) is 10.5 Å². The number of aryl methyl sites for hydroxylation is 2. The summed E-state index contributed by atoms with van der Waals surface area (Å²) in [4.78, 5) is 29.4. The van der Waals surface area contributed by atoms with Crippen LogP contribution in [0.25, 0.3) is 22.2 Å². The van der Waals surface area contributed by atoms with Crippen molar-refractivity contribution in [1.82, 2.24) is 14.9 Å². The van der Waals surface area contributed by atoms with E-state index in [2.05, 4.69) is 10.3 Å². The average molecular weight is 571 g/mol. The number of alkyl halides is 3. The fourth-order valence-electron chi connectivity index (χ4n) is 4.88. The van der Waals surface area contributed by atoms with Crippen molar-refractivity contribution in [1.29, 1.82) is 0 Å². The number of nitrogens with zero attached hydrogens (tertiary/aromatic N) is 2. The Morgan fingerprint density at radius 2 is 1.83 bits per heavy atom. The number of halogens is 4. The number of primary amides is 1. The van der Waals surface area contributed by atoms with E-state index in [1.54, 1.807) is 12.1 Å². The minimum atomic E-state index is -5.31. The van der Waals surface area contributed by atoms with Crippen LogP contribution in [0.15, 0.2) is 54.6 Å². The summed E-state index contributed by atoms with van der Waals surface area (Å²) in [6, 6.07) is 12.2. The quantitative estimate of drug-likeness (QED) is 0.303. The Labute approximate surface area is 231 Å². The zero-order chi connectivity index (χ0) is 29.9. The summed E-state index contributed by atoms with van der Waals surface area (Å²) in [5.41, 5.74) is 1.33. The SMILES string of the molecule is Cc1cc2cc(C(=O)NCC(O)(c3cc4c(c(-c5ccc(F)cc5)n3)OC[C@]4(C)C(N)=O)C(F)(F)F)ccc2n1C. The number of hydrogen-bond donors (Lipinski definition) is 3. The molecule has 4 N–H and O–H groups in total. The van der Waals surface area contributed by atoms with Crippen molar-refractivity contribution < 1.29 is 37.0 Å². The number of aliphatic hydroxyl groups is 1. The van der Waals surface area contributed by atoms with Crippen LogP contribution in [0.4, 0.5) is 17.6 Å². The maximum Gasteiger partial charge on any atom is 0.424 e. The molecule has 4 aromatic rings. The van der Waals surface area contributed by atoms with Gasteiger partial charge in [-0.25, -0.2) is 9.37 Å². The van der Waals surface area contributed by atoms with Gasteiger partial charge in [-0.05, 0) is 68.4 Å². The Morgan fingerprint density at radius 3 is 2.46 bits per heavy atom. The van der Waals surface area contributed by atoms with Crippen molar-refractivity contribution in [2.24, 2.45) is 12.8 Å². The monoisotopic (exact) mass is 570 g/mol. The lowest BCUT2D eigenvalue weighted by Gasteiger charge is -2.31. The van der Waals surface area contributed by atoms with Gasteiger partial charge in [0.25, 0.3) is 5.91 Å². The number of pyridine rings is 1. The number of fused-ring (bicyclic) bond motifs is 2. The smallest absolute Gasteiger partial charge is 0.424 e. The summed E-state index contributed by atoms with van der Waals surface area (Å²) in [7, 11) is 1.85. The molecule has 0 fully saturated rings. The van der Waals surface area contributed by atoms with Crippen molar-refractivity contribution >= 4 is 22.7 Å². The highest BCUT2D eigenvalue weighted by atomic mass is 19.4. The summed E-state index contributed by atoms with van der Waals surface area (Å²) in [5.74, 6) is -2.32. The average Bonchev–Trinajstić information content (AvgIpc) is 3.42. The van der Waals surface area contributed by atoms with Crippen LogP contribution in [0.1, 0.15) is 34.2 Å². The number of hydrogen-bond acceptors (Lipinski definition) is 5. The highest BCUT2D eigenvalue weighted by molar-refractivity contribution is 5.98. The highest BCUT2D eigenvalue weighted by Gasteiger charge is 2.57. The summed E-state index contributed by atoms with van der Waals surface area (Å²) >= 11 is 0. The maximum atomic E-state index is 14.6. The number of amides is 2. The number of aromatic nitrogens is 2. The maximum absolute atomic E-state index is 14.6. The van der Waals surface area contributed by atoms with Crippen LogP contribution in [0, 0.1) is 12.7 Å². The Bertz CT molecular complexity index is 1700. The first kappa shape index (κ1) is 28.1. The van der Waals surface area contributed by atoms with E-state index >= 15 is 0 Å². The number of nitrogens with two attached hydrogens (primary N) is 1. The molecule has 0 spiro atoms. The van der Waals surface area contributed by atoms with Gasteiger partial charge >= 0.3 is 6.18 Å². The topological polar surface area (TPSA) is 119 Å². The van der Waals surface area contributed by atoms with Gasteiger partial charge in [0.15, 0.2) is 0 Å². The van der Waals surface area contributed by atoms with Gasteiger partial charge in [0.2, 0.25) is 11.5 Å². The molecule has 0 saturated carbocycles. The summed E-state index contributed by atoms with van der Waals surface area (Å²) < 4.78 is 64.9. The largest absolute Gasteiger partial charge is 0.489 e. The molecule has 0 radical (unpaired) electrons. The third kappa shape index (κ3) is 4.57. The molecule has 0 aliphatic carbocycles. The lowest BCUT2D eigenvalue weighted by Crippen LogP contribution is -2.51. The Balaban J connectivity index is 1.58. The third-order valence-corrected chi connectivity index (χ3v) is 7.68. The van der Waals surface area contributed by atoms with Crippen LogP contribution < -0.4 is 15.8 Å². The van der Waals surface area contributed by atoms with Crippen molar-refractivity contribution in [2.45, 2.75) is 31.0 Å². The van der Waals surface area contributed by atoms with Crippen LogP contribution in [-0.2, 0) is 22.9 Å². The number of carbonyl (C=O) groups is 2. The molecular formula is C29H26F4N4O4. The molecule has 1 aliphatic heterocycles. The Hall–Kier alpha value is -4.45. The molecule has 5 rings (SSSR count). The molecule has 1 unspecified atom stereocenters. The van der Waals surface area contributed by atoms with E-state index in [9.17, 15) is 32.3 Å². The molecular weight excluding hydrogens is 544 g/mol. The van der Waals surface area contributed by atoms with Crippen molar-refractivity contribution in [3.63, 3.8) is 0 Å². The molecule has 0 bridgehead atoms. The second-order valence-electron chi connectivity index (χ2n) is 10.4. The predicted octanol–water partition coefficient (Wildman–Crippen LogP) is 4.00. The first-order valence-electron chi connectivity index (χ1n) is 12.5. The van der Waals surface area contributed by atoms with Gasteiger partial charge in [0.05, 0.1) is 12.2 Å². The van der Waals surface area contributed by atoms with Crippen molar-refractivity contribution in [3.8, 4) is 17.0 Å². The van der Waals surface area contributed by atoms with Crippen LogP contribution in [-0.4, -0.2) is 45.8 Å². The Kier molecular flexibility index (Phi) is 6.57. The number of rotatable bonds is 6. The fourth-order valence-corrected chi connectivity index (χ4v) is 4.88. The Morgan fingerprint density at radius 1 is 1.15 bits per heavy atom. The van der Waals surface area contributed by atoms with Gasteiger partial charge < -0.3 is 25.5 Å². The van der Waals surface area contributed by atoms with E-state index < -0.39 is 47.1 Å². The fraction of sp³-hybridized carbons (Fsp3) is 0.276. The van der Waals surface area contributed by atoms with Gasteiger partial charge in [-0.15, -0.1) is 0 Å². The molecule has 2 aromatic carbocycles. The summed E-state index contributed by atoms with van der Waals surface area (Å²) in [6.45, 7) is 1.71. The molecule has 1 aliphatic rings. The minimum absolute atomic E-state index is 0.0123. The standard InChI is InChI=1S/C29H26F4N4O4/c1-15-10-18-11-17(6-9-21(18)37(15)3)25(38)35-13-28(40,29(31,32)33)22-12-20-24(41-14-27(20,2)26(34)39)23(36-22)16-4-7-19(30)8-5-16/h4-12,40H,13-14H2,1-3H3,(H2,34,39)(H,35,38)/t27-,28?/m0/s1. The molecule has 2 aromatic heterocycles. The van der Waals surface area contributed by atoms with Crippen LogP contribution in [0.2, 0.25) is 0 Å². The number of nitrogens with one attached hydrogen (secondary N) is 1. The normalized spacial score (nSPS) is 18.0. The van der Waals surface area contributed by atoms with Crippen molar-refractivity contribution in [2.75, 3.05) is 13.2 Å². The van der Waals surface area contributed by atoms with Gasteiger partial charge in [0.1, 0.15) is 29.3 Å². The minimum Gasteiger partial charge on any atom is -0.489 e. The van der Waals surface area contributed by atoms with Gasteiger partial charge in [-0.3, -0.25) is 9.59 Å². The summed E-state index contributed by atoms with van der Waals surface area (Å²) in [5, 5.41) is 14.1. The van der Waals surface area contributed by atoms with Gasteiger partial charge in [-0.1, -0.05) is 0 Å². The van der Waals surface area contributed by atoms with Crippen LogP contribution in [0.5, 0.6) is 5.75 Å². The zero-order valence-corrected chi connectivity index (χ0v) is 22.3. The second-order valence-corrected chi connectivity index (χ2v) is 10.4. The zero-order valence-electron chi connectivity index (χ0n) is 22.3. The molecule has 12 heteroatoms. The lowest BCUT2D eigenvalue weighted by molar-refractivity contribution is -0.265. The molecule has 2 atom stereocenters. The third-order valence-electron chi connectivity index (χ3n) is 7.68. The number of benzene rings is 2. The molecule has 214 valence electrons. The number of carbonyl (C=O) groups excluding carboxylic acids is 2. The molecule has 41 heavy (non-hydrogen) atoms. The van der Waals surface area contributed by atoms with E-state index in [0.717, 1.165) is 34.8 Å². The first-order valence-corrected chi connectivity index (χ1v) is 12.5. The summed E-state index contributed by atoms with van der Waals surface area (Å²) in [6.07, 6.45) is -5.31. The highest BCUT2D eigenvalue weighted by Crippen LogP contribution is 2.47. The first-order chi connectivity index (χ1) is 19.2. The molecule has 2 amide bonds. The molecule has 3 heterocycles. The second kappa shape index (κ2) is 9.58. The van der Waals surface area contributed by atoms with E-state index in [0.29, 0.717) is 0 Å². The molecule has 0 saturated heterocycles. The van der Waals surface area contributed by atoms with Crippen molar-refractivity contribution in [3.05, 3.63) is 82.9 Å². The van der Waals surface area contributed by atoms with E-state index in [1.807, 2.05) is 24.6 Å². The predicted molar refractivity (Wildman–Crippen MR) is 142 cm³/mol. The van der Waals surface area contributed by atoms with Gasteiger partial charge in [0, 0.05) is 40.3 Å². The molecule has 8 nitrogen and oxygen atoms in total. The van der Waals surface area contributed by atoms with Gasteiger partial charge in [-0.2, -0.15) is 13.2 Å². The number of ether oxygens (including phenoxy) is 1. The lowest BCUT2D eigenvalue weighted by atomic mass is 9.81. The van der Waals surface area contributed by atoms with E-state index in [-0.39, 0.29) is 34.7 Å². The van der Waals surface area contributed by atoms with E-state index in [1.165, 1.54) is 25.1 Å². The van der Waals surface area contributed by atoms with Crippen LogP contribution >= 0.6 is 0 Å².